The molecule has 0 spiro atoms. The van der Waals surface area contributed by atoms with Gasteiger partial charge in [0.25, 0.3) is 5.91 Å². The quantitative estimate of drug-likeness (QED) is 0.822. The summed E-state index contributed by atoms with van der Waals surface area (Å²) in [6.07, 6.45) is 1.62. The standard InChI is InChI=1S/C23H26N2O3/c1-16-22(28-21-10-6-5-9-20(21)27-16)23(26)25-14-13-24(18-11-12-18)15-19(25)17-7-3-2-4-8-17/h2-10,16,18-19,22H,11-15H2,1H3. The third-order valence-corrected chi connectivity index (χ3v) is 6.03. The Balaban J connectivity index is 1.40. The summed E-state index contributed by atoms with van der Waals surface area (Å²) in [5, 5.41) is 0. The first-order valence-electron chi connectivity index (χ1n) is 10.2. The summed E-state index contributed by atoms with van der Waals surface area (Å²) in [7, 11) is 0. The Morgan fingerprint density at radius 3 is 2.32 bits per heavy atom. The van der Waals surface area contributed by atoms with E-state index in [1.54, 1.807) is 0 Å². The van der Waals surface area contributed by atoms with Crippen molar-refractivity contribution in [1.82, 2.24) is 9.80 Å². The molecule has 5 nitrogen and oxygen atoms in total. The van der Waals surface area contributed by atoms with E-state index in [2.05, 4.69) is 17.0 Å². The van der Waals surface area contributed by atoms with Gasteiger partial charge in [-0.05, 0) is 37.5 Å². The van der Waals surface area contributed by atoms with Gasteiger partial charge >= 0.3 is 0 Å². The van der Waals surface area contributed by atoms with Crippen LogP contribution >= 0.6 is 0 Å². The van der Waals surface area contributed by atoms with E-state index in [4.69, 9.17) is 9.47 Å². The maximum Gasteiger partial charge on any atom is 0.268 e. The molecule has 0 bridgehead atoms. The van der Waals surface area contributed by atoms with Crippen LogP contribution in [0.4, 0.5) is 0 Å². The van der Waals surface area contributed by atoms with Gasteiger partial charge in [0, 0.05) is 25.7 Å². The predicted octanol–water partition coefficient (Wildman–Crippen LogP) is 3.26. The van der Waals surface area contributed by atoms with Gasteiger partial charge in [-0.3, -0.25) is 9.69 Å². The molecular formula is C23H26N2O3. The molecule has 0 N–H and O–H groups in total. The molecule has 2 heterocycles. The second-order valence-corrected chi connectivity index (χ2v) is 7.99. The minimum atomic E-state index is -0.617. The lowest BCUT2D eigenvalue weighted by atomic mass is 10.0. The number of ether oxygens (including phenoxy) is 2. The lowest BCUT2D eigenvalue weighted by molar-refractivity contribution is -0.149. The first-order valence-corrected chi connectivity index (χ1v) is 10.2. The van der Waals surface area contributed by atoms with Crippen LogP contribution in [0.3, 0.4) is 0 Å². The predicted molar refractivity (Wildman–Crippen MR) is 106 cm³/mol. The van der Waals surface area contributed by atoms with Gasteiger partial charge in [-0.25, -0.2) is 0 Å². The minimum Gasteiger partial charge on any atom is -0.482 e. The minimum absolute atomic E-state index is 0.0197. The number of fused-ring (bicyclic) bond motifs is 1. The van der Waals surface area contributed by atoms with E-state index in [1.807, 2.05) is 54.3 Å². The molecule has 3 aliphatic rings. The number of hydrogen-bond donors (Lipinski definition) is 0. The molecule has 5 rings (SSSR count). The summed E-state index contributed by atoms with van der Waals surface area (Å²) in [6.45, 7) is 4.46. The highest BCUT2D eigenvalue weighted by Gasteiger charge is 2.43. The van der Waals surface area contributed by atoms with E-state index in [0.29, 0.717) is 17.5 Å². The van der Waals surface area contributed by atoms with Crippen molar-refractivity contribution < 1.29 is 14.3 Å². The first kappa shape index (κ1) is 17.6. The van der Waals surface area contributed by atoms with E-state index in [-0.39, 0.29) is 18.1 Å². The van der Waals surface area contributed by atoms with Gasteiger partial charge < -0.3 is 14.4 Å². The lowest BCUT2D eigenvalue weighted by Gasteiger charge is -2.44. The molecule has 3 atom stereocenters. The number of para-hydroxylation sites is 2. The van der Waals surface area contributed by atoms with E-state index in [0.717, 1.165) is 19.6 Å². The summed E-state index contributed by atoms with van der Waals surface area (Å²) in [5.41, 5.74) is 1.19. The third-order valence-electron chi connectivity index (χ3n) is 6.03. The molecule has 5 heteroatoms. The van der Waals surface area contributed by atoms with Crippen molar-refractivity contribution in [2.24, 2.45) is 0 Å². The van der Waals surface area contributed by atoms with Gasteiger partial charge in [-0.15, -0.1) is 0 Å². The number of benzene rings is 2. The van der Waals surface area contributed by atoms with Crippen LogP contribution in [-0.2, 0) is 4.79 Å². The normalized spacial score (nSPS) is 27.5. The number of piperazine rings is 1. The molecule has 28 heavy (non-hydrogen) atoms. The number of nitrogens with zero attached hydrogens (tertiary/aromatic N) is 2. The Kier molecular flexibility index (Phi) is 4.47. The lowest BCUT2D eigenvalue weighted by Crippen LogP contribution is -2.57. The van der Waals surface area contributed by atoms with Gasteiger partial charge in [0.15, 0.2) is 11.5 Å². The molecule has 1 amide bonds. The van der Waals surface area contributed by atoms with Crippen molar-refractivity contribution in [3.05, 3.63) is 60.2 Å². The van der Waals surface area contributed by atoms with Crippen LogP contribution in [0.25, 0.3) is 0 Å². The zero-order valence-corrected chi connectivity index (χ0v) is 16.2. The van der Waals surface area contributed by atoms with Crippen molar-refractivity contribution in [1.29, 1.82) is 0 Å². The topological polar surface area (TPSA) is 42.0 Å². The summed E-state index contributed by atoms with van der Waals surface area (Å²) in [5.74, 6) is 1.37. The highest BCUT2D eigenvalue weighted by atomic mass is 16.6. The zero-order valence-electron chi connectivity index (χ0n) is 16.2. The Bertz CT molecular complexity index is 852. The van der Waals surface area contributed by atoms with Gasteiger partial charge in [0.1, 0.15) is 6.10 Å². The summed E-state index contributed by atoms with van der Waals surface area (Å²) >= 11 is 0. The maximum atomic E-state index is 13.6. The van der Waals surface area contributed by atoms with Crippen molar-refractivity contribution in [3.63, 3.8) is 0 Å². The fourth-order valence-corrected chi connectivity index (χ4v) is 4.35. The Morgan fingerprint density at radius 1 is 0.929 bits per heavy atom. The third kappa shape index (κ3) is 3.24. The fraction of sp³-hybridized carbons (Fsp3) is 0.435. The van der Waals surface area contributed by atoms with Crippen LogP contribution in [0.15, 0.2) is 54.6 Å². The van der Waals surface area contributed by atoms with Gasteiger partial charge in [0.05, 0.1) is 6.04 Å². The summed E-state index contributed by atoms with van der Waals surface area (Å²) in [6, 6.07) is 18.7. The average Bonchev–Trinajstić information content (AvgIpc) is 3.58. The van der Waals surface area contributed by atoms with E-state index >= 15 is 0 Å². The SMILES string of the molecule is CC1Oc2ccccc2OC1C(=O)N1CCN(C2CC2)CC1c1ccccc1. The van der Waals surface area contributed by atoms with Crippen molar-refractivity contribution in [2.45, 2.75) is 44.1 Å². The number of carbonyl (C=O) groups excluding carboxylic acids is 1. The molecule has 1 saturated heterocycles. The Hall–Kier alpha value is -2.53. The molecule has 146 valence electrons. The van der Waals surface area contributed by atoms with E-state index in [9.17, 15) is 4.79 Å². The van der Waals surface area contributed by atoms with Gasteiger partial charge in [-0.2, -0.15) is 0 Å². The van der Waals surface area contributed by atoms with Crippen molar-refractivity contribution >= 4 is 5.91 Å². The fourth-order valence-electron chi connectivity index (χ4n) is 4.35. The smallest absolute Gasteiger partial charge is 0.268 e. The zero-order chi connectivity index (χ0) is 19.1. The molecule has 2 aromatic rings. The molecule has 2 aromatic carbocycles. The number of rotatable bonds is 3. The monoisotopic (exact) mass is 378 g/mol. The molecule has 2 aliphatic heterocycles. The number of hydrogen-bond acceptors (Lipinski definition) is 4. The first-order chi connectivity index (χ1) is 13.7. The van der Waals surface area contributed by atoms with Crippen LogP contribution < -0.4 is 9.47 Å². The molecule has 3 unspecified atom stereocenters. The largest absolute Gasteiger partial charge is 0.482 e. The van der Waals surface area contributed by atoms with Crippen molar-refractivity contribution in [3.8, 4) is 11.5 Å². The van der Waals surface area contributed by atoms with E-state index < -0.39 is 6.10 Å². The van der Waals surface area contributed by atoms with Crippen LogP contribution in [0.1, 0.15) is 31.4 Å². The highest BCUT2D eigenvalue weighted by Crippen LogP contribution is 2.37. The summed E-state index contributed by atoms with van der Waals surface area (Å²) < 4.78 is 12.1. The molecule has 1 saturated carbocycles. The average molecular weight is 378 g/mol. The Morgan fingerprint density at radius 2 is 1.61 bits per heavy atom. The Labute approximate surface area is 165 Å². The number of carbonyl (C=O) groups is 1. The second-order valence-electron chi connectivity index (χ2n) is 7.99. The second kappa shape index (κ2) is 7.13. The molecular weight excluding hydrogens is 352 g/mol. The summed E-state index contributed by atoms with van der Waals surface area (Å²) in [4.78, 5) is 18.1. The molecule has 1 aliphatic carbocycles. The van der Waals surface area contributed by atoms with Crippen LogP contribution in [-0.4, -0.2) is 53.6 Å². The number of amides is 1. The van der Waals surface area contributed by atoms with Crippen LogP contribution in [0.5, 0.6) is 11.5 Å². The molecule has 2 fully saturated rings. The molecule has 0 radical (unpaired) electrons. The van der Waals surface area contributed by atoms with Crippen LogP contribution in [0.2, 0.25) is 0 Å². The van der Waals surface area contributed by atoms with Crippen molar-refractivity contribution in [2.75, 3.05) is 19.6 Å². The van der Waals surface area contributed by atoms with Gasteiger partial charge in [0.2, 0.25) is 6.10 Å². The van der Waals surface area contributed by atoms with E-state index in [1.165, 1.54) is 18.4 Å². The van der Waals surface area contributed by atoms with Gasteiger partial charge in [-0.1, -0.05) is 42.5 Å². The highest BCUT2D eigenvalue weighted by molar-refractivity contribution is 5.83. The maximum absolute atomic E-state index is 13.6. The van der Waals surface area contributed by atoms with Crippen LogP contribution in [0, 0.1) is 0 Å². The molecule has 0 aromatic heterocycles.